The van der Waals surface area contributed by atoms with Gasteiger partial charge in [0, 0.05) is 25.9 Å². The Morgan fingerprint density at radius 1 is 1.42 bits per heavy atom. The van der Waals surface area contributed by atoms with Gasteiger partial charge in [-0.25, -0.2) is 0 Å². The van der Waals surface area contributed by atoms with Gasteiger partial charge in [-0.2, -0.15) is 0 Å². The highest BCUT2D eigenvalue weighted by Crippen LogP contribution is 2.23. The van der Waals surface area contributed by atoms with Crippen molar-refractivity contribution in [3.8, 4) is 0 Å². The molecule has 0 aliphatic heterocycles. The van der Waals surface area contributed by atoms with Crippen LogP contribution in [0.25, 0.3) is 0 Å². The second-order valence-electron chi connectivity index (χ2n) is 4.58. The predicted octanol–water partition coefficient (Wildman–Crippen LogP) is 1.77. The van der Waals surface area contributed by atoms with E-state index in [1.807, 2.05) is 0 Å². The highest BCUT2D eigenvalue weighted by molar-refractivity contribution is 5.92. The molecule has 2 rings (SSSR count). The van der Waals surface area contributed by atoms with E-state index >= 15 is 0 Å². The topological polar surface area (TPSA) is 93.7 Å². The highest BCUT2D eigenvalue weighted by atomic mass is 16.6. The summed E-state index contributed by atoms with van der Waals surface area (Å²) in [5.74, 6) is -0.681. The molecule has 7 heteroatoms. The third-order valence-corrected chi connectivity index (χ3v) is 3.36. The molecule has 1 fully saturated rings. The largest absolute Gasteiger partial charge is 0.433 e. The van der Waals surface area contributed by atoms with Gasteiger partial charge in [-0.05, 0) is 18.9 Å². The molecule has 19 heavy (non-hydrogen) atoms. The molecule has 0 radical (unpaired) electrons. The summed E-state index contributed by atoms with van der Waals surface area (Å²) in [4.78, 5) is 34.5. The molecular formula is C12H14N2O5. The third kappa shape index (κ3) is 2.81. The Bertz CT molecular complexity index is 512. The number of nitro groups is 1. The molecule has 0 aromatic carbocycles. The Hall–Kier alpha value is -2.18. The molecule has 1 aliphatic rings. The Labute approximate surface area is 109 Å². The van der Waals surface area contributed by atoms with E-state index < -0.39 is 16.7 Å². The zero-order chi connectivity index (χ0) is 14.0. The standard InChI is InChI=1S/C12H14N2O5/c1-13(8-2-4-9(15)5-3-8)12(16)10-6-7-11(19-10)14(17)18/h6-8H,2-5H2,1H3. The zero-order valence-corrected chi connectivity index (χ0v) is 10.5. The van der Waals surface area contributed by atoms with Crippen molar-refractivity contribution in [1.82, 2.24) is 4.90 Å². The zero-order valence-electron chi connectivity index (χ0n) is 10.5. The molecule has 102 valence electrons. The molecule has 0 saturated heterocycles. The van der Waals surface area contributed by atoms with Gasteiger partial charge in [0.2, 0.25) is 0 Å². The van der Waals surface area contributed by atoms with Crippen LogP contribution in [0.15, 0.2) is 16.5 Å². The summed E-state index contributed by atoms with van der Waals surface area (Å²) in [6.07, 6.45) is 2.20. The van der Waals surface area contributed by atoms with Crippen LogP contribution in [0.2, 0.25) is 0 Å². The fourth-order valence-electron chi connectivity index (χ4n) is 2.19. The molecule has 0 unspecified atom stereocenters. The Balaban J connectivity index is 2.05. The van der Waals surface area contributed by atoms with Crippen LogP contribution in [0.3, 0.4) is 0 Å². The van der Waals surface area contributed by atoms with Crippen molar-refractivity contribution in [2.24, 2.45) is 0 Å². The summed E-state index contributed by atoms with van der Waals surface area (Å²) in [7, 11) is 1.62. The second kappa shape index (κ2) is 5.21. The smallest absolute Gasteiger partial charge is 0.395 e. The number of nitrogens with zero attached hydrogens (tertiary/aromatic N) is 2. The van der Waals surface area contributed by atoms with Crippen molar-refractivity contribution in [3.63, 3.8) is 0 Å². The molecule has 1 aromatic heterocycles. The summed E-state index contributed by atoms with van der Waals surface area (Å²) >= 11 is 0. The first-order valence-corrected chi connectivity index (χ1v) is 6.02. The van der Waals surface area contributed by atoms with Crippen LogP contribution in [-0.4, -0.2) is 34.6 Å². The lowest BCUT2D eigenvalue weighted by molar-refractivity contribution is -0.402. The van der Waals surface area contributed by atoms with Crippen LogP contribution in [0.4, 0.5) is 5.88 Å². The number of Topliss-reactive ketones (excluding diaryl/α,β-unsaturated/α-hetero) is 1. The van der Waals surface area contributed by atoms with Crippen molar-refractivity contribution in [3.05, 3.63) is 28.0 Å². The van der Waals surface area contributed by atoms with E-state index in [0.717, 1.165) is 6.07 Å². The van der Waals surface area contributed by atoms with Crippen molar-refractivity contribution in [2.75, 3.05) is 7.05 Å². The van der Waals surface area contributed by atoms with E-state index in [1.165, 1.54) is 11.0 Å². The molecule has 1 heterocycles. The summed E-state index contributed by atoms with van der Waals surface area (Å²) < 4.78 is 4.88. The maximum Gasteiger partial charge on any atom is 0.433 e. The third-order valence-electron chi connectivity index (χ3n) is 3.36. The first-order chi connectivity index (χ1) is 8.99. The van der Waals surface area contributed by atoms with Gasteiger partial charge in [0.05, 0.1) is 6.07 Å². The van der Waals surface area contributed by atoms with Gasteiger partial charge in [0.25, 0.3) is 5.91 Å². The molecule has 0 spiro atoms. The number of furan rings is 1. The minimum Gasteiger partial charge on any atom is -0.395 e. The van der Waals surface area contributed by atoms with E-state index in [2.05, 4.69) is 0 Å². The first kappa shape index (κ1) is 13.3. The molecule has 1 aliphatic carbocycles. The summed E-state index contributed by atoms with van der Waals surface area (Å²) in [6, 6.07) is 2.44. The van der Waals surface area contributed by atoms with Gasteiger partial charge in [-0.1, -0.05) is 0 Å². The van der Waals surface area contributed by atoms with Crippen LogP contribution in [0, 0.1) is 10.1 Å². The minimum absolute atomic E-state index is 0.0191. The van der Waals surface area contributed by atoms with Crippen molar-refractivity contribution >= 4 is 17.6 Å². The van der Waals surface area contributed by atoms with E-state index in [1.54, 1.807) is 7.05 Å². The Morgan fingerprint density at radius 2 is 2.05 bits per heavy atom. The Kier molecular flexibility index (Phi) is 3.64. The van der Waals surface area contributed by atoms with Gasteiger partial charge in [0.1, 0.15) is 10.7 Å². The molecule has 0 atom stereocenters. The van der Waals surface area contributed by atoms with Crippen LogP contribution in [-0.2, 0) is 4.79 Å². The predicted molar refractivity (Wildman–Crippen MR) is 64.7 cm³/mol. The minimum atomic E-state index is -0.684. The number of ketones is 1. The number of amides is 1. The summed E-state index contributed by atoms with van der Waals surface area (Å²) in [5, 5.41) is 10.5. The van der Waals surface area contributed by atoms with Crippen molar-refractivity contribution in [2.45, 2.75) is 31.7 Å². The molecule has 7 nitrogen and oxygen atoms in total. The molecule has 0 N–H and O–H groups in total. The Morgan fingerprint density at radius 3 is 2.58 bits per heavy atom. The molecule has 0 bridgehead atoms. The number of rotatable bonds is 3. The number of hydrogen-bond acceptors (Lipinski definition) is 5. The lowest BCUT2D eigenvalue weighted by Crippen LogP contribution is -2.39. The fraction of sp³-hybridized carbons (Fsp3) is 0.500. The molecule has 1 amide bonds. The van der Waals surface area contributed by atoms with Crippen LogP contribution >= 0.6 is 0 Å². The van der Waals surface area contributed by atoms with Gasteiger partial charge in [-0.3, -0.25) is 19.7 Å². The first-order valence-electron chi connectivity index (χ1n) is 6.02. The van der Waals surface area contributed by atoms with E-state index in [4.69, 9.17) is 4.42 Å². The SMILES string of the molecule is CN(C(=O)c1ccc([N+](=O)[O-])o1)C1CCC(=O)CC1. The second-order valence-corrected chi connectivity index (χ2v) is 4.58. The maximum atomic E-state index is 12.1. The lowest BCUT2D eigenvalue weighted by atomic mass is 9.93. The molecule has 1 saturated carbocycles. The van der Waals surface area contributed by atoms with E-state index in [-0.39, 0.29) is 17.6 Å². The monoisotopic (exact) mass is 266 g/mol. The van der Waals surface area contributed by atoms with E-state index in [0.29, 0.717) is 25.7 Å². The quantitative estimate of drug-likeness (QED) is 0.614. The number of carbonyl (C=O) groups excluding carboxylic acids is 2. The van der Waals surface area contributed by atoms with Gasteiger partial charge < -0.3 is 9.32 Å². The van der Waals surface area contributed by atoms with Crippen LogP contribution in [0.1, 0.15) is 36.2 Å². The van der Waals surface area contributed by atoms with Gasteiger partial charge in [0.15, 0.2) is 5.76 Å². The average molecular weight is 266 g/mol. The number of carbonyl (C=O) groups is 2. The van der Waals surface area contributed by atoms with E-state index in [9.17, 15) is 19.7 Å². The number of hydrogen-bond donors (Lipinski definition) is 0. The van der Waals surface area contributed by atoms with Gasteiger partial charge >= 0.3 is 5.88 Å². The maximum absolute atomic E-state index is 12.1. The van der Waals surface area contributed by atoms with Crippen molar-refractivity contribution < 1.29 is 18.9 Å². The summed E-state index contributed by atoms with van der Waals surface area (Å²) in [5.41, 5.74) is 0. The summed E-state index contributed by atoms with van der Waals surface area (Å²) in [6.45, 7) is 0. The fourth-order valence-corrected chi connectivity index (χ4v) is 2.19. The van der Waals surface area contributed by atoms with Crippen molar-refractivity contribution in [1.29, 1.82) is 0 Å². The molecular weight excluding hydrogens is 252 g/mol. The molecule has 1 aromatic rings. The normalized spacial score (nSPS) is 16.4. The van der Waals surface area contributed by atoms with Crippen LogP contribution < -0.4 is 0 Å². The highest BCUT2D eigenvalue weighted by Gasteiger charge is 2.28. The van der Waals surface area contributed by atoms with Gasteiger partial charge in [-0.15, -0.1) is 0 Å². The lowest BCUT2D eigenvalue weighted by Gasteiger charge is -2.29. The van der Waals surface area contributed by atoms with Crippen LogP contribution in [0.5, 0.6) is 0 Å². The average Bonchev–Trinajstić information content (AvgIpc) is 2.87.